The Labute approximate surface area is 140 Å². The van der Waals surface area contributed by atoms with E-state index >= 15 is 0 Å². The Kier molecular flexibility index (Phi) is 5.70. The Hall–Kier alpha value is -1.37. The molecule has 1 saturated carbocycles. The molecule has 1 fully saturated rings. The standard InChI is InChI=1S/C16H24N4O2S/c1-3-13-17-19-15(21-13)11(2)23-16-20-18-14(22-16)10-9-12-7-5-4-6-8-12/h11-12H,3-10H2,1-2H3/t11-/m0/s1. The fourth-order valence-corrected chi connectivity index (χ4v) is 3.70. The summed E-state index contributed by atoms with van der Waals surface area (Å²) in [5.41, 5.74) is 0. The molecule has 0 N–H and O–H groups in total. The summed E-state index contributed by atoms with van der Waals surface area (Å²) in [4.78, 5) is 0. The second-order valence-electron chi connectivity index (χ2n) is 6.15. The zero-order valence-electron chi connectivity index (χ0n) is 13.8. The smallest absolute Gasteiger partial charge is 0.277 e. The molecule has 3 rings (SSSR count). The van der Waals surface area contributed by atoms with Crippen LogP contribution in [0.25, 0.3) is 0 Å². The van der Waals surface area contributed by atoms with Crippen LogP contribution < -0.4 is 0 Å². The average molecular weight is 336 g/mol. The van der Waals surface area contributed by atoms with Crippen LogP contribution in [-0.2, 0) is 12.8 Å². The van der Waals surface area contributed by atoms with Crippen LogP contribution in [0.3, 0.4) is 0 Å². The number of aromatic nitrogens is 4. The molecule has 0 amide bonds. The number of aryl methyl sites for hydroxylation is 2. The highest BCUT2D eigenvalue weighted by molar-refractivity contribution is 7.99. The molecule has 1 aliphatic carbocycles. The maximum Gasteiger partial charge on any atom is 0.277 e. The molecule has 0 spiro atoms. The second-order valence-corrected chi connectivity index (χ2v) is 7.44. The van der Waals surface area contributed by atoms with Crippen molar-refractivity contribution in [1.29, 1.82) is 0 Å². The van der Waals surface area contributed by atoms with Crippen molar-refractivity contribution in [3.8, 4) is 0 Å². The summed E-state index contributed by atoms with van der Waals surface area (Å²) < 4.78 is 11.3. The number of hydrogen-bond donors (Lipinski definition) is 0. The molecule has 1 atom stereocenters. The average Bonchev–Trinajstić information content (AvgIpc) is 3.23. The molecule has 2 heterocycles. The molecule has 0 aliphatic heterocycles. The molecule has 0 bridgehead atoms. The third kappa shape index (κ3) is 4.56. The number of rotatable bonds is 7. The van der Waals surface area contributed by atoms with Gasteiger partial charge in [-0.15, -0.1) is 20.4 Å². The van der Waals surface area contributed by atoms with Gasteiger partial charge >= 0.3 is 0 Å². The molecule has 0 radical (unpaired) electrons. The topological polar surface area (TPSA) is 77.8 Å². The molecule has 0 unspecified atom stereocenters. The van der Waals surface area contributed by atoms with Gasteiger partial charge in [-0.05, 0) is 19.3 Å². The third-order valence-electron chi connectivity index (χ3n) is 4.35. The Balaban J connectivity index is 1.50. The first-order valence-corrected chi connectivity index (χ1v) is 9.44. The quantitative estimate of drug-likeness (QED) is 0.694. The largest absolute Gasteiger partial charge is 0.424 e. The minimum Gasteiger partial charge on any atom is -0.424 e. The highest BCUT2D eigenvalue weighted by Gasteiger charge is 2.19. The van der Waals surface area contributed by atoms with Crippen molar-refractivity contribution in [2.75, 3.05) is 0 Å². The van der Waals surface area contributed by atoms with Crippen molar-refractivity contribution in [2.24, 2.45) is 5.92 Å². The third-order valence-corrected chi connectivity index (χ3v) is 5.27. The van der Waals surface area contributed by atoms with Gasteiger partial charge in [0.25, 0.3) is 5.22 Å². The maximum absolute atomic E-state index is 5.75. The van der Waals surface area contributed by atoms with E-state index in [1.54, 1.807) is 0 Å². The summed E-state index contributed by atoms with van der Waals surface area (Å²) in [7, 11) is 0. The molecule has 6 nitrogen and oxygen atoms in total. The van der Waals surface area contributed by atoms with Crippen molar-refractivity contribution >= 4 is 11.8 Å². The van der Waals surface area contributed by atoms with E-state index in [1.165, 1.54) is 43.9 Å². The van der Waals surface area contributed by atoms with E-state index in [0.29, 0.717) is 17.0 Å². The molecule has 126 valence electrons. The van der Waals surface area contributed by atoms with Crippen LogP contribution in [0.4, 0.5) is 0 Å². The van der Waals surface area contributed by atoms with Crippen molar-refractivity contribution in [2.45, 2.75) is 75.7 Å². The first-order chi connectivity index (χ1) is 11.2. The van der Waals surface area contributed by atoms with Gasteiger partial charge in [0.15, 0.2) is 0 Å². The lowest BCUT2D eigenvalue weighted by molar-refractivity contribution is 0.322. The number of nitrogens with zero attached hydrogens (tertiary/aromatic N) is 4. The number of thioether (sulfide) groups is 1. The summed E-state index contributed by atoms with van der Waals surface area (Å²) in [6, 6.07) is 0. The summed E-state index contributed by atoms with van der Waals surface area (Å²) in [6.45, 7) is 4.00. The zero-order valence-corrected chi connectivity index (χ0v) is 14.6. The molecule has 2 aromatic rings. The van der Waals surface area contributed by atoms with Gasteiger partial charge in [0.05, 0.1) is 5.25 Å². The van der Waals surface area contributed by atoms with Crippen LogP contribution in [0.5, 0.6) is 0 Å². The van der Waals surface area contributed by atoms with Gasteiger partial charge in [0.2, 0.25) is 17.7 Å². The van der Waals surface area contributed by atoms with E-state index < -0.39 is 0 Å². The zero-order chi connectivity index (χ0) is 16.1. The van der Waals surface area contributed by atoms with Crippen LogP contribution >= 0.6 is 11.8 Å². The Bertz CT molecular complexity index is 607. The van der Waals surface area contributed by atoms with E-state index in [9.17, 15) is 0 Å². The van der Waals surface area contributed by atoms with Gasteiger partial charge < -0.3 is 8.83 Å². The summed E-state index contributed by atoms with van der Waals surface area (Å²) >= 11 is 1.47. The lowest BCUT2D eigenvalue weighted by atomic mass is 9.86. The SMILES string of the molecule is CCc1nnc([C@H](C)Sc2nnc(CCC3CCCCC3)o2)o1. The summed E-state index contributed by atoms with van der Waals surface area (Å²) in [5.74, 6) is 2.83. The number of hydrogen-bond acceptors (Lipinski definition) is 7. The highest BCUT2D eigenvalue weighted by atomic mass is 32.2. The second kappa shape index (κ2) is 7.95. The fraction of sp³-hybridized carbons (Fsp3) is 0.750. The lowest BCUT2D eigenvalue weighted by Crippen LogP contribution is -2.07. The lowest BCUT2D eigenvalue weighted by Gasteiger charge is -2.20. The van der Waals surface area contributed by atoms with E-state index in [4.69, 9.17) is 8.83 Å². The Morgan fingerprint density at radius 2 is 1.83 bits per heavy atom. The first kappa shape index (κ1) is 16.5. The molecule has 0 aromatic carbocycles. The molecular formula is C16H24N4O2S. The van der Waals surface area contributed by atoms with Crippen LogP contribution in [0.1, 0.15) is 75.3 Å². The minimum absolute atomic E-state index is 0.00874. The van der Waals surface area contributed by atoms with E-state index in [2.05, 4.69) is 20.4 Å². The van der Waals surface area contributed by atoms with E-state index in [0.717, 1.165) is 31.1 Å². The van der Waals surface area contributed by atoms with Crippen molar-refractivity contribution in [3.05, 3.63) is 17.7 Å². The predicted octanol–water partition coefficient (Wildman–Crippen LogP) is 4.38. The van der Waals surface area contributed by atoms with Gasteiger partial charge in [0, 0.05) is 12.8 Å². The summed E-state index contributed by atoms with van der Waals surface area (Å²) in [5, 5.41) is 16.9. The molecular weight excluding hydrogens is 312 g/mol. The Morgan fingerprint density at radius 1 is 1.04 bits per heavy atom. The van der Waals surface area contributed by atoms with Crippen LogP contribution in [0.2, 0.25) is 0 Å². The normalized spacial score (nSPS) is 17.5. The van der Waals surface area contributed by atoms with Gasteiger partial charge in [-0.1, -0.05) is 50.8 Å². The van der Waals surface area contributed by atoms with Gasteiger partial charge in [-0.2, -0.15) is 0 Å². The van der Waals surface area contributed by atoms with Crippen LogP contribution in [-0.4, -0.2) is 20.4 Å². The predicted molar refractivity (Wildman–Crippen MR) is 87.1 cm³/mol. The first-order valence-electron chi connectivity index (χ1n) is 8.56. The van der Waals surface area contributed by atoms with Gasteiger partial charge in [-0.3, -0.25) is 0 Å². The minimum atomic E-state index is 0.00874. The highest BCUT2D eigenvalue weighted by Crippen LogP contribution is 2.33. The molecule has 1 aliphatic rings. The van der Waals surface area contributed by atoms with Gasteiger partial charge in [0.1, 0.15) is 0 Å². The van der Waals surface area contributed by atoms with Crippen molar-refractivity contribution in [3.63, 3.8) is 0 Å². The molecule has 7 heteroatoms. The van der Waals surface area contributed by atoms with Crippen LogP contribution in [0.15, 0.2) is 14.1 Å². The van der Waals surface area contributed by atoms with E-state index in [1.807, 2.05) is 13.8 Å². The summed E-state index contributed by atoms with van der Waals surface area (Å²) in [6.07, 6.45) is 9.63. The molecule has 0 saturated heterocycles. The van der Waals surface area contributed by atoms with E-state index in [-0.39, 0.29) is 5.25 Å². The van der Waals surface area contributed by atoms with Gasteiger partial charge in [-0.25, -0.2) is 0 Å². The molecule has 23 heavy (non-hydrogen) atoms. The monoisotopic (exact) mass is 336 g/mol. The van der Waals surface area contributed by atoms with Crippen molar-refractivity contribution < 1.29 is 8.83 Å². The van der Waals surface area contributed by atoms with Crippen LogP contribution in [0, 0.1) is 5.92 Å². The molecule has 2 aromatic heterocycles. The Morgan fingerprint density at radius 3 is 2.57 bits per heavy atom. The maximum atomic E-state index is 5.75. The van der Waals surface area contributed by atoms with Crippen molar-refractivity contribution in [1.82, 2.24) is 20.4 Å². The fourth-order valence-electron chi connectivity index (χ4n) is 2.97.